The van der Waals surface area contributed by atoms with Crippen molar-refractivity contribution in [2.45, 2.75) is 25.8 Å². The second-order valence-electron chi connectivity index (χ2n) is 5.98. The predicted molar refractivity (Wildman–Crippen MR) is 74.9 cm³/mol. The van der Waals surface area contributed by atoms with E-state index < -0.39 is 0 Å². The molecule has 4 heteroatoms. The Labute approximate surface area is 109 Å². The minimum absolute atomic E-state index is 0.143. The van der Waals surface area contributed by atoms with Crippen LogP contribution in [0.25, 0.3) is 0 Å². The van der Waals surface area contributed by atoms with Gasteiger partial charge in [-0.3, -0.25) is 0 Å². The Kier molecular flexibility index (Phi) is 3.61. The lowest BCUT2D eigenvalue weighted by atomic mass is 10.0. The largest absolute Gasteiger partial charge is 0.631 e. The van der Waals surface area contributed by atoms with Crippen molar-refractivity contribution in [2.24, 2.45) is 5.73 Å². The van der Waals surface area contributed by atoms with Gasteiger partial charge < -0.3 is 20.5 Å². The van der Waals surface area contributed by atoms with E-state index in [4.69, 9.17) is 5.73 Å². The van der Waals surface area contributed by atoms with Crippen LogP contribution in [0.1, 0.15) is 20.3 Å². The standard InChI is InChI=1S/C14H23N3O/c1-14(2,15)8-10-17(18)11-9-16(12-17)13-6-4-3-5-7-13/h3-7H,8-12,15H2,1-2H3. The van der Waals surface area contributed by atoms with Gasteiger partial charge in [-0.2, -0.15) is 0 Å². The minimum Gasteiger partial charge on any atom is -0.631 e. The van der Waals surface area contributed by atoms with Crippen LogP contribution in [0.15, 0.2) is 30.3 Å². The Hall–Kier alpha value is -1.10. The van der Waals surface area contributed by atoms with E-state index in [9.17, 15) is 5.21 Å². The van der Waals surface area contributed by atoms with E-state index in [2.05, 4.69) is 17.0 Å². The number of benzene rings is 1. The third-order valence-electron chi connectivity index (χ3n) is 3.49. The molecule has 100 valence electrons. The first-order valence-electron chi connectivity index (χ1n) is 6.54. The SMILES string of the molecule is CC(C)(N)CC[N+]1([O-])CCN(c2ccccc2)C1. The molecule has 0 aliphatic carbocycles. The van der Waals surface area contributed by atoms with Crippen molar-refractivity contribution >= 4 is 5.69 Å². The van der Waals surface area contributed by atoms with Crippen molar-refractivity contribution in [3.63, 3.8) is 0 Å². The summed E-state index contributed by atoms with van der Waals surface area (Å²) in [5.74, 6) is 0. The molecule has 2 rings (SSSR count). The van der Waals surface area contributed by atoms with Crippen LogP contribution in [0.5, 0.6) is 0 Å². The fourth-order valence-electron chi connectivity index (χ4n) is 2.28. The number of hydroxylamine groups is 3. The van der Waals surface area contributed by atoms with E-state index in [1.807, 2.05) is 32.0 Å². The molecule has 1 saturated heterocycles. The van der Waals surface area contributed by atoms with E-state index in [1.165, 1.54) is 0 Å². The van der Waals surface area contributed by atoms with Gasteiger partial charge in [0, 0.05) is 17.6 Å². The van der Waals surface area contributed by atoms with Crippen LogP contribution in [0.4, 0.5) is 5.69 Å². The molecule has 0 saturated carbocycles. The zero-order chi connectivity index (χ0) is 13.2. The molecule has 1 aliphatic heterocycles. The Morgan fingerprint density at radius 1 is 1.33 bits per heavy atom. The molecule has 0 radical (unpaired) electrons. The summed E-state index contributed by atoms with van der Waals surface area (Å²) in [5.41, 5.74) is 6.84. The average molecular weight is 249 g/mol. The molecule has 0 bridgehead atoms. The third-order valence-corrected chi connectivity index (χ3v) is 3.49. The van der Waals surface area contributed by atoms with Gasteiger partial charge in [0.1, 0.15) is 0 Å². The van der Waals surface area contributed by atoms with Gasteiger partial charge in [-0.25, -0.2) is 0 Å². The number of para-hydroxylation sites is 1. The molecule has 1 atom stereocenters. The molecule has 0 aromatic heterocycles. The lowest BCUT2D eigenvalue weighted by Gasteiger charge is -2.40. The second-order valence-corrected chi connectivity index (χ2v) is 5.98. The average Bonchev–Trinajstić information content (AvgIpc) is 2.71. The highest BCUT2D eigenvalue weighted by atomic mass is 16.6. The van der Waals surface area contributed by atoms with Crippen LogP contribution in [0.3, 0.4) is 0 Å². The molecule has 1 aliphatic rings. The lowest BCUT2D eigenvalue weighted by molar-refractivity contribution is -0.867. The van der Waals surface area contributed by atoms with Crippen molar-refractivity contribution in [3.8, 4) is 0 Å². The first-order valence-corrected chi connectivity index (χ1v) is 6.54. The van der Waals surface area contributed by atoms with Crippen molar-refractivity contribution in [1.82, 2.24) is 0 Å². The van der Waals surface area contributed by atoms with Gasteiger partial charge >= 0.3 is 0 Å². The highest BCUT2D eigenvalue weighted by Gasteiger charge is 2.30. The van der Waals surface area contributed by atoms with E-state index in [1.54, 1.807) is 0 Å². The number of nitrogens with zero attached hydrogens (tertiary/aromatic N) is 2. The number of anilines is 1. The molecule has 18 heavy (non-hydrogen) atoms. The topological polar surface area (TPSA) is 52.3 Å². The van der Waals surface area contributed by atoms with Gasteiger partial charge in [0.25, 0.3) is 0 Å². The fourth-order valence-corrected chi connectivity index (χ4v) is 2.28. The first kappa shape index (κ1) is 13.3. The van der Waals surface area contributed by atoms with Crippen molar-refractivity contribution in [1.29, 1.82) is 0 Å². The smallest absolute Gasteiger partial charge is 0.154 e. The molecule has 1 aromatic carbocycles. The number of nitrogens with two attached hydrogens (primary N) is 1. The molecule has 1 heterocycles. The van der Waals surface area contributed by atoms with E-state index in [0.717, 1.165) is 18.7 Å². The number of hydrogen-bond donors (Lipinski definition) is 1. The van der Waals surface area contributed by atoms with Crippen LogP contribution >= 0.6 is 0 Å². The molecule has 1 aromatic rings. The molecule has 1 fully saturated rings. The molecule has 4 nitrogen and oxygen atoms in total. The molecular formula is C14H23N3O. The Balaban J connectivity index is 1.95. The molecular weight excluding hydrogens is 226 g/mol. The molecule has 1 unspecified atom stereocenters. The second kappa shape index (κ2) is 4.88. The summed E-state index contributed by atoms with van der Waals surface area (Å²) in [6.45, 7) is 6.59. The van der Waals surface area contributed by atoms with E-state index >= 15 is 0 Å². The Morgan fingerprint density at radius 3 is 2.61 bits per heavy atom. The van der Waals surface area contributed by atoms with E-state index in [-0.39, 0.29) is 10.2 Å². The maximum atomic E-state index is 12.6. The number of hydrogen-bond acceptors (Lipinski definition) is 3. The van der Waals surface area contributed by atoms with Gasteiger partial charge in [-0.1, -0.05) is 18.2 Å². The lowest BCUT2D eigenvalue weighted by Crippen LogP contribution is -2.46. The van der Waals surface area contributed by atoms with Crippen LogP contribution in [0.2, 0.25) is 0 Å². The normalized spacial score (nSPS) is 24.6. The summed E-state index contributed by atoms with van der Waals surface area (Å²) in [7, 11) is 0. The quantitative estimate of drug-likeness (QED) is 0.655. The van der Waals surface area contributed by atoms with Crippen molar-refractivity contribution < 1.29 is 4.65 Å². The monoisotopic (exact) mass is 249 g/mol. The predicted octanol–water partition coefficient (Wildman–Crippen LogP) is 1.91. The summed E-state index contributed by atoms with van der Waals surface area (Å²) < 4.78 is -0.143. The van der Waals surface area contributed by atoms with Gasteiger partial charge in [0.2, 0.25) is 0 Å². The molecule has 0 spiro atoms. The maximum Gasteiger partial charge on any atom is 0.154 e. The van der Waals surface area contributed by atoms with Crippen LogP contribution in [-0.2, 0) is 0 Å². The van der Waals surface area contributed by atoms with Gasteiger partial charge in [0.15, 0.2) is 6.67 Å². The summed E-state index contributed by atoms with van der Waals surface area (Å²) in [4.78, 5) is 2.16. The van der Waals surface area contributed by atoms with Crippen LogP contribution in [0, 0.1) is 5.21 Å². The maximum absolute atomic E-state index is 12.6. The Bertz CT molecular complexity index is 388. The Morgan fingerprint density at radius 2 is 2.00 bits per heavy atom. The van der Waals surface area contributed by atoms with Crippen molar-refractivity contribution in [2.75, 3.05) is 31.2 Å². The molecule has 0 amide bonds. The van der Waals surface area contributed by atoms with Crippen LogP contribution < -0.4 is 10.6 Å². The first-order chi connectivity index (χ1) is 8.38. The summed E-state index contributed by atoms with van der Waals surface area (Å²) in [5, 5.41) is 12.6. The third kappa shape index (κ3) is 3.45. The van der Waals surface area contributed by atoms with Crippen LogP contribution in [-0.4, -0.2) is 36.5 Å². The summed E-state index contributed by atoms with van der Waals surface area (Å²) >= 11 is 0. The fraction of sp³-hybridized carbons (Fsp3) is 0.571. The minimum atomic E-state index is -0.254. The van der Waals surface area contributed by atoms with Gasteiger partial charge in [0.05, 0.1) is 19.6 Å². The number of rotatable bonds is 4. The van der Waals surface area contributed by atoms with E-state index in [0.29, 0.717) is 19.8 Å². The number of quaternary nitrogens is 1. The summed E-state index contributed by atoms with van der Waals surface area (Å²) in [6, 6.07) is 10.1. The van der Waals surface area contributed by atoms with Gasteiger partial charge in [-0.15, -0.1) is 0 Å². The highest BCUT2D eigenvalue weighted by Crippen LogP contribution is 2.23. The summed E-state index contributed by atoms with van der Waals surface area (Å²) in [6.07, 6.45) is 0.763. The van der Waals surface area contributed by atoms with Gasteiger partial charge in [-0.05, 0) is 26.0 Å². The highest BCUT2D eigenvalue weighted by molar-refractivity contribution is 5.45. The zero-order valence-corrected chi connectivity index (χ0v) is 11.3. The zero-order valence-electron chi connectivity index (χ0n) is 11.3. The molecule has 2 N–H and O–H groups in total. The van der Waals surface area contributed by atoms with Crippen molar-refractivity contribution in [3.05, 3.63) is 35.5 Å².